The maximum atomic E-state index is 11.4. The lowest BCUT2D eigenvalue weighted by atomic mass is 10.1. The van der Waals surface area contributed by atoms with E-state index in [1.807, 2.05) is 0 Å². The molecule has 0 fully saturated rings. The third-order valence-corrected chi connectivity index (χ3v) is 2.92. The number of hydrogen-bond acceptors (Lipinski definition) is 6. The number of carbonyl (C=O) groups is 1. The van der Waals surface area contributed by atoms with Crippen LogP contribution in [0.5, 0.6) is 0 Å². The minimum absolute atomic E-state index is 0.0237. The first-order chi connectivity index (χ1) is 9.54. The molecule has 0 aliphatic rings. The van der Waals surface area contributed by atoms with Gasteiger partial charge in [0.15, 0.2) is 0 Å². The molecule has 104 valence electrons. The number of rotatable bonds is 4. The number of nitrogens with one attached hydrogen (secondary N) is 1. The molecule has 0 saturated heterocycles. The molecule has 2 aromatic rings. The number of nitro groups is 1. The Morgan fingerprint density at radius 1 is 1.40 bits per heavy atom. The zero-order valence-electron chi connectivity index (χ0n) is 11.0. The van der Waals surface area contributed by atoms with Gasteiger partial charge in [-0.15, -0.1) is 0 Å². The lowest BCUT2D eigenvalue weighted by Gasteiger charge is -2.14. The van der Waals surface area contributed by atoms with Crippen LogP contribution >= 0.6 is 0 Å². The molecule has 0 amide bonds. The van der Waals surface area contributed by atoms with Gasteiger partial charge in [-0.25, -0.2) is 4.79 Å². The Labute approximate surface area is 114 Å². The molecule has 1 heterocycles. The van der Waals surface area contributed by atoms with E-state index in [9.17, 15) is 14.9 Å². The highest BCUT2D eigenvalue weighted by atomic mass is 16.6. The van der Waals surface area contributed by atoms with Gasteiger partial charge < -0.3 is 10.1 Å². The molecule has 2 rings (SSSR count). The summed E-state index contributed by atoms with van der Waals surface area (Å²) in [5.41, 5.74) is 0.593. The zero-order valence-corrected chi connectivity index (χ0v) is 11.0. The number of ether oxygens (including phenoxy) is 1. The fraction of sp³-hybridized carbons (Fsp3) is 0.231. The summed E-state index contributed by atoms with van der Waals surface area (Å²) >= 11 is 0. The number of nitro benzene ring substituents is 1. The highest BCUT2D eigenvalue weighted by Gasteiger charge is 2.17. The molecule has 0 saturated carbocycles. The number of methoxy groups -OCH3 is 1. The van der Waals surface area contributed by atoms with Crippen molar-refractivity contribution in [2.45, 2.75) is 13.0 Å². The zero-order chi connectivity index (χ0) is 14.7. The van der Waals surface area contributed by atoms with Crippen molar-refractivity contribution in [2.24, 2.45) is 0 Å². The number of esters is 1. The van der Waals surface area contributed by atoms with E-state index in [1.54, 1.807) is 25.3 Å². The second-order valence-corrected chi connectivity index (χ2v) is 4.20. The van der Waals surface area contributed by atoms with Gasteiger partial charge in [-0.3, -0.25) is 15.1 Å². The normalized spacial score (nSPS) is 11.9. The smallest absolute Gasteiger partial charge is 0.327 e. The van der Waals surface area contributed by atoms with Crippen LogP contribution in [0.25, 0.3) is 10.8 Å². The molecule has 0 bridgehead atoms. The molecular formula is C13H13N3O4. The number of pyridine rings is 1. The summed E-state index contributed by atoms with van der Waals surface area (Å²) in [4.78, 5) is 25.9. The fourth-order valence-electron chi connectivity index (χ4n) is 1.93. The number of fused-ring (bicyclic) bond motifs is 1. The maximum Gasteiger partial charge on any atom is 0.327 e. The summed E-state index contributed by atoms with van der Waals surface area (Å²) in [6.45, 7) is 1.65. The van der Waals surface area contributed by atoms with E-state index < -0.39 is 16.9 Å². The average Bonchev–Trinajstić information content (AvgIpc) is 2.46. The van der Waals surface area contributed by atoms with Crippen molar-refractivity contribution in [1.82, 2.24) is 4.98 Å². The van der Waals surface area contributed by atoms with E-state index in [1.165, 1.54) is 19.4 Å². The van der Waals surface area contributed by atoms with Crippen molar-refractivity contribution in [3.05, 3.63) is 40.7 Å². The SMILES string of the molecule is COC(=O)C(C)Nc1ccc([N+](=O)[O-])c2cnccc12. The molecule has 0 aliphatic carbocycles. The Hall–Kier alpha value is -2.70. The molecule has 0 aliphatic heterocycles. The van der Waals surface area contributed by atoms with Gasteiger partial charge in [-0.05, 0) is 19.1 Å². The summed E-state index contributed by atoms with van der Waals surface area (Å²) in [6, 6.07) is 4.06. The number of anilines is 1. The van der Waals surface area contributed by atoms with E-state index in [0.717, 1.165) is 0 Å². The molecule has 7 heteroatoms. The summed E-state index contributed by atoms with van der Waals surface area (Å²) in [7, 11) is 1.30. The molecule has 0 radical (unpaired) electrons. The third-order valence-electron chi connectivity index (χ3n) is 2.92. The molecule has 1 aromatic heterocycles. The molecule has 1 unspecified atom stereocenters. The van der Waals surface area contributed by atoms with E-state index in [0.29, 0.717) is 16.5 Å². The van der Waals surface area contributed by atoms with Crippen LogP contribution in [0.2, 0.25) is 0 Å². The van der Waals surface area contributed by atoms with Crippen molar-refractivity contribution in [3.8, 4) is 0 Å². The van der Waals surface area contributed by atoms with Crippen LogP contribution in [0, 0.1) is 10.1 Å². The molecule has 20 heavy (non-hydrogen) atoms. The van der Waals surface area contributed by atoms with Crippen molar-refractivity contribution in [2.75, 3.05) is 12.4 Å². The second kappa shape index (κ2) is 5.52. The van der Waals surface area contributed by atoms with Crippen LogP contribution in [0.15, 0.2) is 30.6 Å². The summed E-state index contributed by atoms with van der Waals surface area (Å²) in [5.74, 6) is -0.412. The highest BCUT2D eigenvalue weighted by molar-refractivity contribution is 6.00. The van der Waals surface area contributed by atoms with E-state index in [2.05, 4.69) is 15.0 Å². The number of non-ortho nitro benzene ring substituents is 1. The number of benzene rings is 1. The third kappa shape index (κ3) is 2.51. The van der Waals surface area contributed by atoms with Crippen LogP contribution in [-0.2, 0) is 9.53 Å². The largest absolute Gasteiger partial charge is 0.467 e. The number of nitrogens with zero attached hydrogens (tertiary/aromatic N) is 2. The number of hydrogen-bond donors (Lipinski definition) is 1. The first-order valence-electron chi connectivity index (χ1n) is 5.90. The summed E-state index contributed by atoms with van der Waals surface area (Å²) in [5, 5.41) is 15.0. The lowest BCUT2D eigenvalue weighted by Crippen LogP contribution is -2.27. The molecule has 1 aromatic carbocycles. The quantitative estimate of drug-likeness (QED) is 0.521. The van der Waals surface area contributed by atoms with Gasteiger partial charge in [0.1, 0.15) is 6.04 Å². The van der Waals surface area contributed by atoms with Crippen LogP contribution < -0.4 is 5.32 Å². The van der Waals surface area contributed by atoms with Crippen LogP contribution in [0.3, 0.4) is 0 Å². The van der Waals surface area contributed by atoms with Crippen molar-refractivity contribution in [3.63, 3.8) is 0 Å². The Kier molecular flexibility index (Phi) is 3.79. The topological polar surface area (TPSA) is 94.4 Å². The molecule has 1 N–H and O–H groups in total. The minimum atomic E-state index is -0.558. The molecule has 1 atom stereocenters. The van der Waals surface area contributed by atoms with Crippen molar-refractivity contribution >= 4 is 28.1 Å². The average molecular weight is 275 g/mol. The highest BCUT2D eigenvalue weighted by Crippen LogP contribution is 2.30. The molecule has 0 spiro atoms. The van der Waals surface area contributed by atoms with Crippen LogP contribution in [0.1, 0.15) is 6.92 Å². The molecular weight excluding hydrogens is 262 g/mol. The second-order valence-electron chi connectivity index (χ2n) is 4.20. The van der Waals surface area contributed by atoms with Gasteiger partial charge in [-0.2, -0.15) is 0 Å². The van der Waals surface area contributed by atoms with Gasteiger partial charge in [0.05, 0.1) is 17.4 Å². The monoisotopic (exact) mass is 275 g/mol. The molecule has 7 nitrogen and oxygen atoms in total. The van der Waals surface area contributed by atoms with Gasteiger partial charge in [0, 0.05) is 29.5 Å². The minimum Gasteiger partial charge on any atom is -0.467 e. The Morgan fingerprint density at radius 3 is 2.80 bits per heavy atom. The van der Waals surface area contributed by atoms with Crippen molar-refractivity contribution in [1.29, 1.82) is 0 Å². The van der Waals surface area contributed by atoms with Gasteiger partial charge >= 0.3 is 5.97 Å². The first-order valence-corrected chi connectivity index (χ1v) is 5.90. The van der Waals surface area contributed by atoms with Gasteiger partial charge in [0.2, 0.25) is 0 Å². The number of aromatic nitrogens is 1. The first kappa shape index (κ1) is 13.7. The van der Waals surface area contributed by atoms with Gasteiger partial charge in [0.25, 0.3) is 5.69 Å². The van der Waals surface area contributed by atoms with E-state index in [-0.39, 0.29) is 5.69 Å². The van der Waals surface area contributed by atoms with E-state index in [4.69, 9.17) is 0 Å². The lowest BCUT2D eigenvalue weighted by molar-refractivity contribution is -0.383. The fourth-order valence-corrected chi connectivity index (χ4v) is 1.93. The summed E-state index contributed by atoms with van der Waals surface area (Å²) in [6.07, 6.45) is 2.97. The Balaban J connectivity index is 2.48. The standard InChI is InChI=1S/C13H13N3O4/c1-8(13(17)20-2)15-11-3-4-12(16(18)19)10-7-14-6-5-9(10)11/h3-8,15H,1-2H3. The predicted octanol–water partition coefficient (Wildman–Crippen LogP) is 2.12. The van der Waals surface area contributed by atoms with Gasteiger partial charge in [-0.1, -0.05) is 0 Å². The number of carbonyl (C=O) groups excluding carboxylic acids is 1. The van der Waals surface area contributed by atoms with Crippen molar-refractivity contribution < 1.29 is 14.5 Å². The van der Waals surface area contributed by atoms with Crippen LogP contribution in [0.4, 0.5) is 11.4 Å². The maximum absolute atomic E-state index is 11.4. The summed E-state index contributed by atoms with van der Waals surface area (Å²) < 4.78 is 4.64. The Bertz CT molecular complexity index is 672. The Morgan fingerprint density at radius 2 is 2.15 bits per heavy atom. The predicted molar refractivity (Wildman–Crippen MR) is 73.5 cm³/mol. The van der Waals surface area contributed by atoms with Crippen LogP contribution in [-0.4, -0.2) is 29.0 Å². The van der Waals surface area contributed by atoms with E-state index >= 15 is 0 Å².